The van der Waals surface area contributed by atoms with E-state index in [0.717, 1.165) is 19.3 Å². The summed E-state index contributed by atoms with van der Waals surface area (Å²) in [6.45, 7) is 0. The fraction of sp³-hybridized carbons (Fsp3) is 0.833. The van der Waals surface area contributed by atoms with E-state index in [9.17, 15) is 13.2 Å². The van der Waals surface area contributed by atoms with E-state index in [1.54, 1.807) is 0 Å². The fourth-order valence-corrected chi connectivity index (χ4v) is 4.96. The van der Waals surface area contributed by atoms with Crippen LogP contribution in [0.5, 0.6) is 0 Å². The second-order valence-electron chi connectivity index (χ2n) is 5.92. The number of carbonyl (C=O) groups is 1. The summed E-state index contributed by atoms with van der Waals surface area (Å²) in [6.07, 6.45) is 6.30. The molecule has 0 aromatic carbocycles. The van der Waals surface area contributed by atoms with E-state index < -0.39 is 15.4 Å². The molecule has 2 aliphatic rings. The van der Waals surface area contributed by atoms with Gasteiger partial charge in [0.1, 0.15) is 11.9 Å². The Kier molecular flexibility index (Phi) is 3.68. The normalized spacial score (nSPS) is 27.3. The summed E-state index contributed by atoms with van der Waals surface area (Å²) in [5.41, 5.74) is -0.770. The molecule has 2 fully saturated rings. The van der Waals surface area contributed by atoms with Crippen LogP contribution in [0.25, 0.3) is 0 Å². The zero-order valence-corrected chi connectivity index (χ0v) is 12.5. The van der Waals surface area contributed by atoms with Crippen molar-refractivity contribution >= 4 is 15.7 Å². The highest BCUT2D eigenvalue weighted by atomic mass is 32.2. The molecule has 1 aromatic heterocycles. The van der Waals surface area contributed by atoms with E-state index in [4.69, 9.17) is 0 Å². The van der Waals surface area contributed by atoms with Crippen LogP contribution in [0, 0.1) is 0 Å². The predicted octanol–water partition coefficient (Wildman–Crippen LogP) is -0.364. The molecule has 1 aliphatic heterocycles. The van der Waals surface area contributed by atoms with Gasteiger partial charge in [-0.05, 0) is 29.7 Å². The minimum Gasteiger partial charge on any atom is -0.350 e. The molecule has 0 bridgehead atoms. The molecule has 116 valence electrons. The summed E-state index contributed by atoms with van der Waals surface area (Å²) in [5, 5.41) is 14.1. The van der Waals surface area contributed by atoms with Crippen molar-refractivity contribution in [2.75, 3.05) is 11.5 Å². The molecule has 1 amide bonds. The number of amides is 1. The van der Waals surface area contributed by atoms with E-state index in [0.29, 0.717) is 19.3 Å². The van der Waals surface area contributed by atoms with Crippen LogP contribution in [0.3, 0.4) is 0 Å². The molecule has 1 atom stereocenters. The third kappa shape index (κ3) is 2.78. The minimum absolute atomic E-state index is 0.0322. The summed E-state index contributed by atoms with van der Waals surface area (Å²) in [4.78, 5) is 12.8. The third-order valence-corrected chi connectivity index (χ3v) is 6.23. The molecule has 1 aromatic rings. The molecule has 9 heteroatoms. The van der Waals surface area contributed by atoms with E-state index in [1.807, 2.05) is 0 Å². The Morgan fingerprint density at radius 1 is 1.29 bits per heavy atom. The molecule has 0 spiro atoms. The van der Waals surface area contributed by atoms with Crippen molar-refractivity contribution < 1.29 is 13.2 Å². The van der Waals surface area contributed by atoms with Gasteiger partial charge in [-0.1, -0.05) is 19.3 Å². The highest BCUT2D eigenvalue weighted by Gasteiger charge is 2.44. The summed E-state index contributed by atoms with van der Waals surface area (Å²) in [6, 6.07) is -0.294. The smallest absolute Gasteiger partial charge is 0.248 e. The number of aromatic nitrogens is 4. The zero-order valence-electron chi connectivity index (χ0n) is 11.7. The van der Waals surface area contributed by atoms with Gasteiger partial charge in [0.25, 0.3) is 0 Å². The summed E-state index contributed by atoms with van der Waals surface area (Å²) >= 11 is 0. The molecule has 8 nitrogen and oxygen atoms in total. The maximum Gasteiger partial charge on any atom is 0.248 e. The Morgan fingerprint density at radius 2 is 2.05 bits per heavy atom. The number of tetrazole rings is 1. The lowest BCUT2D eigenvalue weighted by Gasteiger charge is -2.35. The number of nitrogens with zero attached hydrogens (tertiary/aromatic N) is 4. The fourth-order valence-electron chi connectivity index (χ4n) is 3.28. The lowest BCUT2D eigenvalue weighted by atomic mass is 9.81. The first-order valence-electron chi connectivity index (χ1n) is 7.27. The lowest BCUT2D eigenvalue weighted by Crippen LogP contribution is -2.53. The van der Waals surface area contributed by atoms with E-state index >= 15 is 0 Å². The topological polar surface area (TPSA) is 107 Å². The predicted molar refractivity (Wildman–Crippen MR) is 74.1 cm³/mol. The molecule has 1 N–H and O–H groups in total. The van der Waals surface area contributed by atoms with Gasteiger partial charge in [0, 0.05) is 6.04 Å². The molecule has 1 saturated heterocycles. The van der Waals surface area contributed by atoms with Crippen molar-refractivity contribution in [2.24, 2.45) is 0 Å². The molecule has 3 rings (SSSR count). The number of rotatable bonds is 3. The quantitative estimate of drug-likeness (QED) is 0.816. The Labute approximate surface area is 123 Å². The van der Waals surface area contributed by atoms with Crippen molar-refractivity contribution in [2.45, 2.75) is 50.1 Å². The molecule has 2 heterocycles. The first-order valence-corrected chi connectivity index (χ1v) is 9.09. The molecule has 0 unspecified atom stereocenters. The lowest BCUT2D eigenvalue weighted by molar-refractivity contribution is -0.133. The molecule has 0 radical (unpaired) electrons. The maximum absolute atomic E-state index is 12.8. The van der Waals surface area contributed by atoms with Crippen LogP contribution in [0.4, 0.5) is 0 Å². The van der Waals surface area contributed by atoms with Crippen LogP contribution in [0.1, 0.15) is 38.5 Å². The SMILES string of the molecule is O=C(N[C@H]1CCS(=O)(=O)C1)C1(n2cnnn2)CCCCC1. The first-order chi connectivity index (χ1) is 10.0. The summed E-state index contributed by atoms with van der Waals surface area (Å²) in [7, 11) is -3.01. The molecule has 1 saturated carbocycles. The van der Waals surface area contributed by atoms with Crippen LogP contribution in [0.15, 0.2) is 6.33 Å². The molecular weight excluding hydrogens is 294 g/mol. The first kappa shape index (κ1) is 14.4. The number of hydrogen-bond donors (Lipinski definition) is 1. The van der Waals surface area contributed by atoms with Gasteiger partial charge in [0.2, 0.25) is 5.91 Å². The van der Waals surface area contributed by atoms with Gasteiger partial charge >= 0.3 is 0 Å². The molecular formula is C12H19N5O3S. The van der Waals surface area contributed by atoms with Crippen molar-refractivity contribution in [1.82, 2.24) is 25.5 Å². The average Bonchev–Trinajstić information content (AvgIpc) is 3.09. The van der Waals surface area contributed by atoms with Gasteiger partial charge in [-0.25, -0.2) is 13.1 Å². The number of carbonyl (C=O) groups excluding carboxylic acids is 1. The minimum atomic E-state index is -3.01. The van der Waals surface area contributed by atoms with Gasteiger partial charge in [-0.2, -0.15) is 0 Å². The van der Waals surface area contributed by atoms with Crippen LogP contribution in [-0.4, -0.2) is 52.1 Å². The van der Waals surface area contributed by atoms with Crippen molar-refractivity contribution in [3.63, 3.8) is 0 Å². The largest absolute Gasteiger partial charge is 0.350 e. The zero-order chi connectivity index (χ0) is 14.9. The van der Waals surface area contributed by atoms with E-state index in [-0.39, 0.29) is 23.5 Å². The van der Waals surface area contributed by atoms with Crippen molar-refractivity contribution in [3.05, 3.63) is 6.33 Å². The van der Waals surface area contributed by atoms with Crippen LogP contribution >= 0.6 is 0 Å². The summed E-state index contributed by atoms with van der Waals surface area (Å²) in [5.74, 6) is 0.0249. The Morgan fingerprint density at radius 3 is 2.62 bits per heavy atom. The summed E-state index contributed by atoms with van der Waals surface area (Å²) < 4.78 is 24.6. The molecule has 21 heavy (non-hydrogen) atoms. The van der Waals surface area contributed by atoms with E-state index in [2.05, 4.69) is 20.8 Å². The third-order valence-electron chi connectivity index (χ3n) is 4.46. The van der Waals surface area contributed by atoms with Gasteiger partial charge < -0.3 is 5.32 Å². The van der Waals surface area contributed by atoms with Gasteiger partial charge in [-0.3, -0.25) is 4.79 Å². The van der Waals surface area contributed by atoms with Crippen LogP contribution in [-0.2, 0) is 20.2 Å². The van der Waals surface area contributed by atoms with Crippen LogP contribution < -0.4 is 5.32 Å². The van der Waals surface area contributed by atoms with Crippen molar-refractivity contribution in [1.29, 1.82) is 0 Å². The standard InChI is InChI=1S/C12H19N5O3S/c18-11(14-10-4-7-21(19,20)8-10)12(5-2-1-3-6-12)17-9-13-15-16-17/h9-10H,1-8H2,(H,14,18)/t10-/m0/s1. The molecule has 1 aliphatic carbocycles. The second-order valence-corrected chi connectivity index (χ2v) is 8.15. The number of nitrogens with one attached hydrogen (secondary N) is 1. The highest BCUT2D eigenvalue weighted by molar-refractivity contribution is 7.91. The van der Waals surface area contributed by atoms with Gasteiger partial charge in [-0.15, -0.1) is 5.10 Å². The van der Waals surface area contributed by atoms with E-state index in [1.165, 1.54) is 11.0 Å². The Bertz CT molecular complexity index is 607. The van der Waals surface area contributed by atoms with Crippen molar-refractivity contribution in [3.8, 4) is 0 Å². The monoisotopic (exact) mass is 313 g/mol. The number of sulfone groups is 1. The average molecular weight is 313 g/mol. The number of hydrogen-bond acceptors (Lipinski definition) is 6. The van der Waals surface area contributed by atoms with Gasteiger partial charge in [0.15, 0.2) is 9.84 Å². The Balaban J connectivity index is 1.79. The highest BCUT2D eigenvalue weighted by Crippen LogP contribution is 2.34. The second kappa shape index (κ2) is 5.36. The van der Waals surface area contributed by atoms with Gasteiger partial charge in [0.05, 0.1) is 11.5 Å². The maximum atomic E-state index is 12.8. The Hall–Kier alpha value is -1.51. The van der Waals surface area contributed by atoms with Crippen LogP contribution in [0.2, 0.25) is 0 Å².